The minimum absolute atomic E-state index is 0.0110. The molecule has 0 saturated heterocycles. The van der Waals surface area contributed by atoms with Crippen LogP contribution in [0.5, 0.6) is 0 Å². The Morgan fingerprint density at radius 1 is 1.39 bits per heavy atom. The van der Waals surface area contributed by atoms with E-state index in [1.54, 1.807) is 17.9 Å². The first-order valence-electron chi connectivity index (χ1n) is 7.27. The van der Waals surface area contributed by atoms with Gasteiger partial charge in [-0.25, -0.2) is 4.98 Å². The van der Waals surface area contributed by atoms with E-state index >= 15 is 0 Å². The second-order valence-electron chi connectivity index (χ2n) is 5.21. The molecule has 0 spiro atoms. The Hall–Kier alpha value is -1.18. The van der Waals surface area contributed by atoms with Crippen LogP contribution < -0.4 is 10.9 Å². The van der Waals surface area contributed by atoms with Gasteiger partial charge in [0.05, 0.1) is 24.0 Å². The van der Waals surface area contributed by atoms with Crippen LogP contribution in [-0.2, 0) is 4.74 Å². The van der Waals surface area contributed by atoms with Gasteiger partial charge >= 0.3 is 0 Å². The van der Waals surface area contributed by atoms with Crippen LogP contribution in [0.15, 0.2) is 38.1 Å². The first kappa shape index (κ1) is 18.2. The number of methoxy groups -OCH3 is 1. The summed E-state index contributed by atoms with van der Waals surface area (Å²) in [6.07, 6.45) is 2.58. The van der Waals surface area contributed by atoms with Gasteiger partial charge in [-0.1, -0.05) is 22.9 Å². The van der Waals surface area contributed by atoms with Crippen LogP contribution in [0.1, 0.15) is 25.1 Å². The van der Waals surface area contributed by atoms with E-state index < -0.39 is 0 Å². The van der Waals surface area contributed by atoms with Crippen LogP contribution in [-0.4, -0.2) is 23.3 Å². The quantitative estimate of drug-likeness (QED) is 0.716. The molecule has 7 heteroatoms. The summed E-state index contributed by atoms with van der Waals surface area (Å²) in [5.41, 5.74) is 1.40. The third-order valence-corrected chi connectivity index (χ3v) is 4.61. The van der Waals surface area contributed by atoms with Crippen molar-refractivity contribution in [3.8, 4) is 0 Å². The third kappa shape index (κ3) is 4.43. The molecule has 124 valence electrons. The first-order valence-corrected chi connectivity index (χ1v) is 8.85. The maximum Gasteiger partial charge on any atom is 0.294 e. The van der Waals surface area contributed by atoms with Crippen molar-refractivity contribution < 1.29 is 4.74 Å². The molecule has 0 radical (unpaired) electrons. The Morgan fingerprint density at radius 2 is 2.13 bits per heavy atom. The monoisotopic (exact) mass is 443 g/mol. The molecule has 0 amide bonds. The predicted molar refractivity (Wildman–Crippen MR) is 99.6 cm³/mol. The number of rotatable bonds is 6. The Kier molecular flexibility index (Phi) is 6.38. The molecule has 1 atom stereocenters. The van der Waals surface area contributed by atoms with E-state index in [1.807, 2.05) is 32.0 Å². The van der Waals surface area contributed by atoms with Crippen molar-refractivity contribution in [1.82, 2.24) is 9.55 Å². The predicted octanol–water partition coefficient (Wildman–Crippen LogP) is 4.42. The Labute approximate surface area is 152 Å². The van der Waals surface area contributed by atoms with Gasteiger partial charge in [-0.3, -0.25) is 4.79 Å². The fraction of sp³-hybridized carbons (Fsp3) is 0.375. The van der Waals surface area contributed by atoms with Crippen molar-refractivity contribution in [2.45, 2.75) is 26.3 Å². The lowest BCUT2D eigenvalue weighted by Gasteiger charge is -2.19. The molecule has 5 nitrogen and oxygen atoms in total. The number of benzene rings is 1. The number of aryl methyl sites for hydroxylation is 1. The average molecular weight is 445 g/mol. The van der Waals surface area contributed by atoms with Crippen LogP contribution in [0.4, 0.5) is 11.5 Å². The summed E-state index contributed by atoms with van der Waals surface area (Å²) in [7, 11) is 1.64. The normalized spacial score (nSPS) is 12.2. The summed E-state index contributed by atoms with van der Waals surface area (Å²) in [6.45, 7) is 4.39. The van der Waals surface area contributed by atoms with Crippen molar-refractivity contribution in [2.24, 2.45) is 0 Å². The van der Waals surface area contributed by atoms with Crippen LogP contribution in [0.25, 0.3) is 0 Å². The Bertz CT molecular complexity index is 747. The second kappa shape index (κ2) is 8.08. The van der Waals surface area contributed by atoms with Crippen LogP contribution in [0.2, 0.25) is 0 Å². The summed E-state index contributed by atoms with van der Waals surface area (Å²) in [5.74, 6) is 0.308. The van der Waals surface area contributed by atoms with E-state index in [0.717, 1.165) is 26.7 Å². The number of nitrogens with one attached hydrogen (secondary N) is 1. The van der Waals surface area contributed by atoms with Gasteiger partial charge in [-0.05, 0) is 47.5 Å². The van der Waals surface area contributed by atoms with Gasteiger partial charge in [0, 0.05) is 22.3 Å². The van der Waals surface area contributed by atoms with Gasteiger partial charge in [0.15, 0.2) is 5.82 Å². The highest BCUT2D eigenvalue weighted by Gasteiger charge is 2.15. The van der Waals surface area contributed by atoms with E-state index in [2.05, 4.69) is 42.2 Å². The third-order valence-electron chi connectivity index (χ3n) is 3.46. The lowest BCUT2D eigenvalue weighted by atomic mass is 10.2. The molecule has 1 aromatic heterocycles. The maximum absolute atomic E-state index is 12.7. The summed E-state index contributed by atoms with van der Waals surface area (Å²) < 4.78 is 8.72. The number of hydrogen-bond acceptors (Lipinski definition) is 4. The topological polar surface area (TPSA) is 56.1 Å². The van der Waals surface area contributed by atoms with Gasteiger partial charge in [-0.2, -0.15) is 0 Å². The smallest absolute Gasteiger partial charge is 0.294 e. The zero-order valence-electron chi connectivity index (χ0n) is 13.3. The molecule has 0 saturated carbocycles. The molecule has 1 unspecified atom stereocenters. The number of ether oxygens (including phenoxy) is 1. The molecule has 1 aromatic carbocycles. The van der Waals surface area contributed by atoms with Gasteiger partial charge in [0.1, 0.15) is 0 Å². The van der Waals surface area contributed by atoms with E-state index in [1.165, 1.54) is 0 Å². The van der Waals surface area contributed by atoms with Crippen LogP contribution >= 0.6 is 31.9 Å². The average Bonchev–Trinajstić information content (AvgIpc) is 2.51. The number of hydrogen-bond donors (Lipinski definition) is 1. The zero-order chi connectivity index (χ0) is 17.0. The van der Waals surface area contributed by atoms with Crippen molar-refractivity contribution in [1.29, 1.82) is 0 Å². The van der Waals surface area contributed by atoms with Gasteiger partial charge in [0.25, 0.3) is 5.56 Å². The molecule has 0 bridgehead atoms. The lowest BCUT2D eigenvalue weighted by Crippen LogP contribution is -2.29. The largest absolute Gasteiger partial charge is 0.383 e. The molecule has 0 aliphatic heterocycles. The molecule has 2 aromatic rings. The maximum atomic E-state index is 12.7. The Balaban J connectivity index is 2.43. The molecule has 23 heavy (non-hydrogen) atoms. The van der Waals surface area contributed by atoms with E-state index in [9.17, 15) is 4.79 Å². The fourth-order valence-corrected chi connectivity index (χ4v) is 3.44. The van der Waals surface area contributed by atoms with Crippen molar-refractivity contribution in [3.63, 3.8) is 0 Å². The number of nitrogens with zero attached hydrogens (tertiary/aromatic N) is 2. The highest BCUT2D eigenvalue weighted by atomic mass is 79.9. The summed E-state index contributed by atoms with van der Waals surface area (Å²) in [4.78, 5) is 17.1. The second-order valence-corrected chi connectivity index (χ2v) is 6.98. The molecule has 0 aliphatic carbocycles. The van der Waals surface area contributed by atoms with E-state index in [4.69, 9.17) is 4.74 Å². The summed E-state index contributed by atoms with van der Waals surface area (Å²) in [5, 5.41) is 3.12. The van der Waals surface area contributed by atoms with Gasteiger partial charge in [-0.15, -0.1) is 0 Å². The highest BCUT2D eigenvalue weighted by molar-refractivity contribution is 9.11. The van der Waals surface area contributed by atoms with Crippen LogP contribution in [0.3, 0.4) is 0 Å². The molecule has 0 aliphatic rings. The number of aromatic nitrogens is 2. The minimum Gasteiger partial charge on any atom is -0.383 e. The SMILES string of the molecule is CCC(COC)n1cc(C)nc(Nc2ccc(Br)cc2Br)c1=O. The minimum atomic E-state index is -0.158. The molecular formula is C16H19Br2N3O2. The Morgan fingerprint density at radius 3 is 2.74 bits per heavy atom. The summed E-state index contributed by atoms with van der Waals surface area (Å²) in [6, 6.07) is 5.69. The van der Waals surface area contributed by atoms with Crippen molar-refractivity contribution >= 4 is 43.4 Å². The van der Waals surface area contributed by atoms with Crippen molar-refractivity contribution in [2.75, 3.05) is 19.0 Å². The highest BCUT2D eigenvalue weighted by Crippen LogP contribution is 2.27. The molecule has 1 N–H and O–H groups in total. The van der Waals surface area contributed by atoms with E-state index in [0.29, 0.717) is 12.4 Å². The number of anilines is 2. The first-order chi connectivity index (χ1) is 11.0. The molecule has 2 rings (SSSR count). The molecule has 0 fully saturated rings. The zero-order valence-corrected chi connectivity index (χ0v) is 16.4. The standard InChI is InChI=1S/C16H19Br2N3O2/c1-4-12(9-23-3)21-8-10(2)19-15(16(21)22)20-14-6-5-11(17)7-13(14)18/h5-8,12H,4,9H2,1-3H3,(H,19,20). The van der Waals surface area contributed by atoms with Crippen LogP contribution in [0, 0.1) is 6.92 Å². The van der Waals surface area contributed by atoms with Crippen molar-refractivity contribution in [3.05, 3.63) is 49.4 Å². The molecular weight excluding hydrogens is 426 g/mol. The fourth-order valence-electron chi connectivity index (χ4n) is 2.29. The van der Waals surface area contributed by atoms with Gasteiger partial charge in [0.2, 0.25) is 0 Å². The lowest BCUT2D eigenvalue weighted by molar-refractivity contribution is 0.151. The van der Waals surface area contributed by atoms with E-state index in [-0.39, 0.29) is 11.6 Å². The summed E-state index contributed by atoms with van der Waals surface area (Å²) >= 11 is 6.90. The molecule has 1 heterocycles. The number of halogens is 2. The van der Waals surface area contributed by atoms with Gasteiger partial charge < -0.3 is 14.6 Å².